The predicted octanol–water partition coefficient (Wildman–Crippen LogP) is 3.41. The highest BCUT2D eigenvalue weighted by atomic mass is 32.2. The van der Waals surface area contributed by atoms with Crippen LogP contribution in [0.2, 0.25) is 0 Å². The SMILES string of the molecule is COC(=O)c1ccc2c(c1)[nH]c(=O)n2CCC(C)(C)NCC(O)c1ccccc1NS(=O)(=O)c1ccccc1. The first kappa shape index (κ1) is 28.1. The number of imidazole rings is 1. The number of aliphatic hydroxyl groups excluding tert-OH is 1. The molecule has 0 aliphatic heterocycles. The van der Waals surface area contributed by atoms with Crippen molar-refractivity contribution >= 4 is 32.7 Å². The Morgan fingerprint density at radius 3 is 2.49 bits per heavy atom. The summed E-state index contributed by atoms with van der Waals surface area (Å²) in [5.74, 6) is -0.483. The number of sulfonamides is 1. The van der Waals surface area contributed by atoms with Gasteiger partial charge in [-0.15, -0.1) is 0 Å². The molecule has 206 valence electrons. The molecule has 39 heavy (non-hydrogen) atoms. The standard InChI is InChI=1S/C28H32N4O6S/c1-28(2,15-16-32-24-14-13-19(26(34)38-3)17-23(24)30-27(32)35)29-18-25(33)21-11-7-8-12-22(21)31-39(36,37)20-9-5-4-6-10-20/h4-14,17,25,29,31,33H,15-16,18H2,1-3H3,(H,30,35). The van der Waals surface area contributed by atoms with Crippen molar-refractivity contribution in [2.24, 2.45) is 0 Å². The molecule has 10 nitrogen and oxygen atoms in total. The maximum atomic E-state index is 12.8. The minimum absolute atomic E-state index is 0.127. The van der Waals surface area contributed by atoms with Gasteiger partial charge in [0.2, 0.25) is 0 Å². The van der Waals surface area contributed by atoms with Crippen LogP contribution in [0.5, 0.6) is 0 Å². The number of aromatic amines is 1. The first-order valence-electron chi connectivity index (χ1n) is 12.4. The number of aliphatic hydroxyl groups is 1. The van der Waals surface area contributed by atoms with Crippen molar-refractivity contribution in [1.29, 1.82) is 0 Å². The number of hydrogen-bond donors (Lipinski definition) is 4. The third-order valence-corrected chi connectivity index (χ3v) is 7.93. The fourth-order valence-electron chi connectivity index (χ4n) is 4.28. The Morgan fingerprint density at radius 1 is 1.08 bits per heavy atom. The number of aryl methyl sites for hydroxylation is 1. The lowest BCUT2D eigenvalue weighted by Gasteiger charge is -2.28. The summed E-state index contributed by atoms with van der Waals surface area (Å²) < 4.78 is 34.6. The van der Waals surface area contributed by atoms with E-state index in [-0.39, 0.29) is 17.1 Å². The number of methoxy groups -OCH3 is 1. The third kappa shape index (κ3) is 6.56. The molecule has 0 aliphatic carbocycles. The molecule has 4 aromatic rings. The summed E-state index contributed by atoms with van der Waals surface area (Å²) in [7, 11) is -2.52. The number of aromatic nitrogens is 2. The number of carbonyl (C=O) groups excluding carboxylic acids is 1. The van der Waals surface area contributed by atoms with Crippen molar-refractivity contribution < 1.29 is 23.1 Å². The Labute approximate surface area is 226 Å². The van der Waals surface area contributed by atoms with Crippen molar-refractivity contribution in [3.05, 3.63) is 94.4 Å². The van der Waals surface area contributed by atoms with Crippen molar-refractivity contribution in [2.45, 2.75) is 43.4 Å². The molecule has 0 amide bonds. The van der Waals surface area contributed by atoms with Crippen LogP contribution in [0, 0.1) is 0 Å². The number of β-amino-alcohol motifs (C(OH)–C–C–N with tert-alkyl or cyclic N) is 1. The molecule has 1 aromatic heterocycles. The molecule has 4 rings (SSSR count). The first-order valence-corrected chi connectivity index (χ1v) is 13.9. The van der Waals surface area contributed by atoms with Gasteiger partial charge in [-0.05, 0) is 56.7 Å². The number of carbonyl (C=O) groups is 1. The molecule has 0 fully saturated rings. The molecule has 1 heterocycles. The van der Waals surface area contributed by atoms with Gasteiger partial charge in [0.05, 0.1) is 40.4 Å². The molecule has 4 N–H and O–H groups in total. The van der Waals surface area contributed by atoms with Crippen LogP contribution in [-0.4, -0.2) is 48.2 Å². The van der Waals surface area contributed by atoms with E-state index in [1.165, 1.54) is 19.2 Å². The van der Waals surface area contributed by atoms with Crippen molar-refractivity contribution in [1.82, 2.24) is 14.9 Å². The first-order chi connectivity index (χ1) is 18.5. The van der Waals surface area contributed by atoms with E-state index in [9.17, 15) is 23.1 Å². The smallest absolute Gasteiger partial charge is 0.337 e. The van der Waals surface area contributed by atoms with Gasteiger partial charge in [-0.25, -0.2) is 18.0 Å². The van der Waals surface area contributed by atoms with E-state index in [0.717, 1.165) is 0 Å². The number of esters is 1. The van der Waals surface area contributed by atoms with Crippen LogP contribution in [0.4, 0.5) is 5.69 Å². The van der Waals surface area contributed by atoms with Crippen LogP contribution in [-0.2, 0) is 21.3 Å². The second kappa shape index (κ2) is 11.4. The Bertz CT molecular complexity index is 1630. The predicted molar refractivity (Wildman–Crippen MR) is 149 cm³/mol. The molecule has 1 unspecified atom stereocenters. The van der Waals surface area contributed by atoms with E-state index >= 15 is 0 Å². The largest absolute Gasteiger partial charge is 0.465 e. The van der Waals surface area contributed by atoms with Gasteiger partial charge >= 0.3 is 11.7 Å². The molecule has 0 aliphatic rings. The monoisotopic (exact) mass is 552 g/mol. The normalized spacial score (nSPS) is 12.8. The van der Waals surface area contributed by atoms with Gasteiger partial charge in [-0.1, -0.05) is 36.4 Å². The summed E-state index contributed by atoms with van der Waals surface area (Å²) in [4.78, 5) is 27.3. The molecule has 0 saturated heterocycles. The van der Waals surface area contributed by atoms with Gasteiger partial charge in [0.25, 0.3) is 10.0 Å². The maximum Gasteiger partial charge on any atom is 0.337 e. The van der Waals surface area contributed by atoms with E-state index in [1.807, 2.05) is 13.8 Å². The average Bonchev–Trinajstić information content (AvgIpc) is 3.24. The molecule has 0 spiro atoms. The molecule has 3 aromatic carbocycles. The van der Waals surface area contributed by atoms with Gasteiger partial charge in [0, 0.05) is 24.2 Å². The fraction of sp³-hybridized carbons (Fsp3) is 0.286. The van der Waals surface area contributed by atoms with E-state index < -0.39 is 27.6 Å². The number of hydrogen-bond acceptors (Lipinski definition) is 7. The number of fused-ring (bicyclic) bond motifs is 1. The zero-order valence-corrected chi connectivity index (χ0v) is 22.8. The summed E-state index contributed by atoms with van der Waals surface area (Å²) in [6.07, 6.45) is -0.445. The highest BCUT2D eigenvalue weighted by molar-refractivity contribution is 7.92. The fourth-order valence-corrected chi connectivity index (χ4v) is 5.39. The van der Waals surface area contributed by atoms with Crippen LogP contribution < -0.4 is 15.7 Å². The summed E-state index contributed by atoms with van der Waals surface area (Å²) >= 11 is 0. The molecule has 1 atom stereocenters. The van der Waals surface area contributed by atoms with E-state index in [1.54, 1.807) is 65.2 Å². The van der Waals surface area contributed by atoms with E-state index in [2.05, 4.69) is 15.0 Å². The second-order valence-electron chi connectivity index (χ2n) is 9.84. The number of benzene rings is 3. The molecule has 0 bridgehead atoms. The van der Waals surface area contributed by atoms with Gasteiger partial charge in [-0.2, -0.15) is 0 Å². The van der Waals surface area contributed by atoms with Gasteiger partial charge in [0.1, 0.15) is 0 Å². The lowest BCUT2D eigenvalue weighted by atomic mass is 9.99. The highest BCUT2D eigenvalue weighted by Gasteiger charge is 2.23. The summed E-state index contributed by atoms with van der Waals surface area (Å²) in [5, 5.41) is 14.3. The minimum atomic E-state index is -3.82. The number of rotatable bonds is 11. The van der Waals surface area contributed by atoms with Crippen molar-refractivity contribution in [2.75, 3.05) is 18.4 Å². The lowest BCUT2D eigenvalue weighted by Crippen LogP contribution is -2.42. The van der Waals surface area contributed by atoms with Gasteiger partial charge < -0.3 is 20.1 Å². The number of para-hydroxylation sites is 1. The van der Waals surface area contributed by atoms with Crippen molar-refractivity contribution in [3.8, 4) is 0 Å². The number of anilines is 1. The van der Waals surface area contributed by atoms with Crippen molar-refractivity contribution in [3.63, 3.8) is 0 Å². The molecular formula is C28H32N4O6S. The van der Waals surface area contributed by atoms with E-state index in [4.69, 9.17) is 4.74 Å². The Hall–Kier alpha value is -3.93. The Kier molecular flexibility index (Phi) is 8.24. The van der Waals surface area contributed by atoms with Gasteiger partial charge in [-0.3, -0.25) is 9.29 Å². The van der Waals surface area contributed by atoms with E-state index in [0.29, 0.717) is 40.8 Å². The number of H-pyrrole nitrogens is 1. The summed E-state index contributed by atoms with van der Waals surface area (Å²) in [5.41, 5.74) is 1.53. The quantitative estimate of drug-likeness (QED) is 0.209. The molecular weight excluding hydrogens is 520 g/mol. The van der Waals surface area contributed by atoms with Crippen LogP contribution in [0.3, 0.4) is 0 Å². The Balaban J connectivity index is 1.42. The number of ether oxygens (including phenoxy) is 1. The molecule has 0 saturated carbocycles. The zero-order chi connectivity index (χ0) is 28.2. The minimum Gasteiger partial charge on any atom is -0.465 e. The van der Waals surface area contributed by atoms with Crippen LogP contribution in [0.15, 0.2) is 82.5 Å². The van der Waals surface area contributed by atoms with Crippen LogP contribution in [0.25, 0.3) is 11.0 Å². The topological polar surface area (TPSA) is 143 Å². The lowest BCUT2D eigenvalue weighted by molar-refractivity contribution is 0.0601. The third-order valence-electron chi connectivity index (χ3n) is 6.55. The maximum absolute atomic E-state index is 12.8. The highest BCUT2D eigenvalue weighted by Crippen LogP contribution is 2.26. The van der Waals surface area contributed by atoms with Crippen LogP contribution >= 0.6 is 0 Å². The number of nitrogens with zero attached hydrogens (tertiary/aromatic N) is 1. The second-order valence-corrected chi connectivity index (χ2v) is 11.5. The Morgan fingerprint density at radius 2 is 1.77 bits per heavy atom. The average molecular weight is 553 g/mol. The summed E-state index contributed by atoms with van der Waals surface area (Å²) in [6.45, 7) is 4.46. The van der Waals surface area contributed by atoms with Gasteiger partial charge in [0.15, 0.2) is 0 Å². The summed E-state index contributed by atoms with van der Waals surface area (Å²) in [6, 6.07) is 19.7. The zero-order valence-electron chi connectivity index (χ0n) is 22.0. The molecule has 0 radical (unpaired) electrons. The number of nitrogens with one attached hydrogen (secondary N) is 3. The molecule has 11 heteroatoms. The van der Waals surface area contributed by atoms with Crippen LogP contribution in [0.1, 0.15) is 42.3 Å².